The SMILES string of the molecule is O=C1c2ccccc2C2(c3ccccc3)OC(c3ccccc3)c3cccn3N12. The molecule has 0 aliphatic carbocycles. The first-order valence-electron chi connectivity index (χ1n) is 9.70. The van der Waals surface area contributed by atoms with Crippen LogP contribution in [0.3, 0.4) is 0 Å². The van der Waals surface area contributed by atoms with Crippen LogP contribution in [0, 0.1) is 0 Å². The molecule has 0 fully saturated rings. The summed E-state index contributed by atoms with van der Waals surface area (Å²) in [6.45, 7) is 0. The molecule has 0 saturated carbocycles. The maximum atomic E-state index is 13.5. The first-order valence-corrected chi connectivity index (χ1v) is 9.70. The fourth-order valence-electron chi connectivity index (χ4n) is 4.58. The average Bonchev–Trinajstić information content (AvgIpc) is 3.37. The molecule has 1 aromatic heterocycles. The van der Waals surface area contributed by atoms with Crippen molar-refractivity contribution in [1.29, 1.82) is 0 Å². The zero-order valence-electron chi connectivity index (χ0n) is 15.6. The van der Waals surface area contributed by atoms with Crippen molar-refractivity contribution in [1.82, 2.24) is 4.68 Å². The van der Waals surface area contributed by atoms with Crippen LogP contribution in [0.25, 0.3) is 0 Å². The number of nitrogens with zero attached hydrogens (tertiary/aromatic N) is 2. The zero-order valence-corrected chi connectivity index (χ0v) is 15.6. The Kier molecular flexibility index (Phi) is 3.34. The molecule has 6 rings (SSSR count). The fraction of sp³-hybridized carbons (Fsp3) is 0.0800. The number of fused-ring (bicyclic) bond motifs is 5. The Morgan fingerprint density at radius 2 is 1.45 bits per heavy atom. The Morgan fingerprint density at radius 1 is 0.759 bits per heavy atom. The molecule has 2 atom stereocenters. The highest BCUT2D eigenvalue weighted by atomic mass is 16.5. The molecular weight excluding hydrogens is 360 g/mol. The van der Waals surface area contributed by atoms with Crippen LogP contribution in [-0.4, -0.2) is 10.6 Å². The van der Waals surface area contributed by atoms with Crippen LogP contribution >= 0.6 is 0 Å². The van der Waals surface area contributed by atoms with E-state index < -0.39 is 5.72 Å². The largest absolute Gasteiger partial charge is 0.331 e. The molecule has 0 saturated heterocycles. The third kappa shape index (κ3) is 2.09. The summed E-state index contributed by atoms with van der Waals surface area (Å²) in [5, 5.41) is 1.75. The molecular formula is C25H18N2O2. The Hall–Kier alpha value is -3.63. The van der Waals surface area contributed by atoms with E-state index in [0.29, 0.717) is 5.56 Å². The third-order valence-electron chi connectivity index (χ3n) is 5.81. The zero-order chi connectivity index (χ0) is 19.4. The number of hydrogen-bond acceptors (Lipinski definition) is 2. The highest BCUT2D eigenvalue weighted by Crippen LogP contribution is 2.51. The molecule has 0 N–H and O–H groups in total. The maximum Gasteiger partial charge on any atom is 0.276 e. The summed E-state index contributed by atoms with van der Waals surface area (Å²) in [7, 11) is 0. The Morgan fingerprint density at radius 3 is 2.24 bits per heavy atom. The number of aromatic nitrogens is 1. The van der Waals surface area contributed by atoms with Crippen molar-refractivity contribution in [2.45, 2.75) is 11.8 Å². The minimum absolute atomic E-state index is 0.0617. The summed E-state index contributed by atoms with van der Waals surface area (Å²) < 4.78 is 8.89. The first kappa shape index (κ1) is 16.3. The van der Waals surface area contributed by atoms with Gasteiger partial charge in [-0.3, -0.25) is 9.47 Å². The number of amides is 1. The number of carbonyl (C=O) groups is 1. The van der Waals surface area contributed by atoms with Gasteiger partial charge in [0.15, 0.2) is 0 Å². The molecule has 1 amide bonds. The van der Waals surface area contributed by atoms with E-state index in [9.17, 15) is 4.79 Å². The van der Waals surface area contributed by atoms with Crippen molar-refractivity contribution in [3.63, 3.8) is 0 Å². The van der Waals surface area contributed by atoms with Gasteiger partial charge in [0.05, 0.1) is 5.69 Å². The second-order valence-electron chi connectivity index (χ2n) is 7.36. The molecule has 2 aliphatic heterocycles. The highest BCUT2D eigenvalue weighted by molar-refractivity contribution is 6.08. The molecule has 3 heterocycles. The van der Waals surface area contributed by atoms with Crippen LogP contribution in [-0.2, 0) is 10.5 Å². The van der Waals surface area contributed by atoms with Gasteiger partial charge in [0, 0.05) is 22.9 Å². The van der Waals surface area contributed by atoms with E-state index in [1.54, 1.807) is 5.01 Å². The first-order chi connectivity index (χ1) is 14.3. The molecule has 0 radical (unpaired) electrons. The van der Waals surface area contributed by atoms with Crippen molar-refractivity contribution >= 4 is 5.91 Å². The van der Waals surface area contributed by atoms with Gasteiger partial charge < -0.3 is 4.74 Å². The third-order valence-corrected chi connectivity index (χ3v) is 5.81. The van der Waals surface area contributed by atoms with Gasteiger partial charge in [-0.2, -0.15) is 0 Å². The van der Waals surface area contributed by atoms with E-state index in [1.807, 2.05) is 95.8 Å². The Bertz CT molecular complexity index is 1220. The van der Waals surface area contributed by atoms with E-state index in [1.165, 1.54) is 0 Å². The van der Waals surface area contributed by atoms with Crippen molar-refractivity contribution in [2.75, 3.05) is 5.01 Å². The second-order valence-corrected chi connectivity index (χ2v) is 7.36. The summed E-state index contributed by atoms with van der Waals surface area (Å²) in [4.78, 5) is 13.5. The van der Waals surface area contributed by atoms with Gasteiger partial charge in [-0.25, -0.2) is 5.01 Å². The van der Waals surface area contributed by atoms with Gasteiger partial charge in [0.25, 0.3) is 5.91 Å². The quantitative estimate of drug-likeness (QED) is 0.511. The van der Waals surface area contributed by atoms with Crippen LogP contribution < -0.4 is 5.01 Å². The van der Waals surface area contributed by atoms with Crippen LogP contribution in [0.2, 0.25) is 0 Å². The average molecular weight is 378 g/mol. The minimum Gasteiger partial charge on any atom is -0.331 e. The van der Waals surface area contributed by atoms with E-state index in [0.717, 1.165) is 22.4 Å². The molecule has 4 aromatic rings. The van der Waals surface area contributed by atoms with E-state index in [4.69, 9.17) is 4.74 Å². The number of hydrogen-bond donors (Lipinski definition) is 0. The molecule has 4 heteroatoms. The maximum absolute atomic E-state index is 13.5. The number of benzene rings is 3. The summed E-state index contributed by atoms with van der Waals surface area (Å²) in [5.74, 6) is -0.0617. The van der Waals surface area contributed by atoms with Gasteiger partial charge in [0.2, 0.25) is 5.72 Å². The summed E-state index contributed by atoms with van der Waals surface area (Å²) in [6, 6.07) is 31.9. The number of ether oxygens (including phenoxy) is 1. The van der Waals surface area contributed by atoms with E-state index in [2.05, 4.69) is 12.1 Å². The summed E-state index contributed by atoms with van der Waals surface area (Å²) in [5.41, 5.74) is 3.43. The topological polar surface area (TPSA) is 34.5 Å². The predicted octanol–water partition coefficient (Wildman–Crippen LogP) is 4.60. The minimum atomic E-state index is -1.03. The second kappa shape index (κ2) is 5.93. The molecule has 4 nitrogen and oxygen atoms in total. The van der Waals surface area contributed by atoms with Crippen LogP contribution in [0.5, 0.6) is 0 Å². The molecule has 3 aromatic carbocycles. The fourth-order valence-corrected chi connectivity index (χ4v) is 4.58. The molecule has 0 bridgehead atoms. The van der Waals surface area contributed by atoms with Crippen LogP contribution in [0.15, 0.2) is 103 Å². The molecule has 0 spiro atoms. The van der Waals surface area contributed by atoms with Crippen LogP contribution in [0.1, 0.15) is 38.8 Å². The lowest BCUT2D eigenvalue weighted by atomic mass is 9.92. The normalized spacial score (nSPS) is 22.1. The lowest BCUT2D eigenvalue weighted by Crippen LogP contribution is -2.57. The van der Waals surface area contributed by atoms with Gasteiger partial charge in [-0.15, -0.1) is 0 Å². The molecule has 2 aliphatic rings. The lowest BCUT2D eigenvalue weighted by molar-refractivity contribution is -0.0846. The number of rotatable bonds is 2. The van der Waals surface area contributed by atoms with Crippen molar-refractivity contribution in [2.24, 2.45) is 0 Å². The Labute approximate surface area is 168 Å². The predicted molar refractivity (Wildman–Crippen MR) is 110 cm³/mol. The van der Waals surface area contributed by atoms with Crippen molar-refractivity contribution in [3.8, 4) is 0 Å². The number of carbonyl (C=O) groups excluding carboxylic acids is 1. The van der Waals surface area contributed by atoms with Gasteiger partial charge in [-0.05, 0) is 23.8 Å². The molecule has 2 unspecified atom stereocenters. The standard InChI is InChI=1S/C25H18N2O2/c28-24-20-14-7-8-15-21(20)25(19-12-5-2-6-13-19)27(24)26-17-9-16-22(26)23(29-25)18-10-3-1-4-11-18/h1-17,23H. The smallest absolute Gasteiger partial charge is 0.276 e. The molecule has 140 valence electrons. The van der Waals surface area contributed by atoms with Gasteiger partial charge in [0.1, 0.15) is 6.10 Å². The van der Waals surface area contributed by atoms with E-state index in [-0.39, 0.29) is 12.0 Å². The molecule has 29 heavy (non-hydrogen) atoms. The van der Waals surface area contributed by atoms with Crippen molar-refractivity contribution < 1.29 is 9.53 Å². The van der Waals surface area contributed by atoms with E-state index >= 15 is 0 Å². The Balaban J connectivity index is 1.68. The highest BCUT2D eigenvalue weighted by Gasteiger charge is 2.57. The van der Waals surface area contributed by atoms with Crippen molar-refractivity contribution in [3.05, 3.63) is 131 Å². The summed E-state index contributed by atoms with van der Waals surface area (Å²) in [6.07, 6.45) is 1.64. The summed E-state index contributed by atoms with van der Waals surface area (Å²) >= 11 is 0. The van der Waals surface area contributed by atoms with Crippen LogP contribution in [0.4, 0.5) is 0 Å². The lowest BCUT2D eigenvalue weighted by Gasteiger charge is -2.46. The van der Waals surface area contributed by atoms with Gasteiger partial charge >= 0.3 is 0 Å². The monoisotopic (exact) mass is 378 g/mol. The van der Waals surface area contributed by atoms with Gasteiger partial charge in [-0.1, -0.05) is 78.9 Å².